The predicted octanol–water partition coefficient (Wildman–Crippen LogP) is 1.00. The molecule has 0 aromatic carbocycles. The topological polar surface area (TPSA) is 202 Å². The summed E-state index contributed by atoms with van der Waals surface area (Å²) >= 11 is 8.71. The molecule has 2 heterocycles. The second-order valence-electron chi connectivity index (χ2n) is 9.29. The van der Waals surface area contributed by atoms with Gasteiger partial charge in [-0.25, -0.2) is 9.82 Å². The average molecular weight is 624 g/mol. The van der Waals surface area contributed by atoms with Crippen LogP contribution in [-0.2, 0) is 44.2 Å². The summed E-state index contributed by atoms with van der Waals surface area (Å²) in [6.07, 6.45) is 1.74. The standard InChI is InChI=1S/C20H39N3O11P2S2/c21-7-3-1-2-5-19(25)23-12-18(10-16(23)14-32-36(30,38)34-27)33-35(28,29)31-13-15-9-17(24)11-22(15)20(26)6-4-8-37/h15-18,24,27,37H,1-14,21H2,(H,28,29)(H,30,38)/t15-,16-,17+,18+,36?/m0/s1. The summed E-state index contributed by atoms with van der Waals surface area (Å²) in [5.74, 6) is 0.0832. The fraction of sp³-hybridized carbons (Fsp3) is 0.900. The third-order valence-corrected chi connectivity index (χ3v) is 8.85. The van der Waals surface area contributed by atoms with Gasteiger partial charge < -0.3 is 35.0 Å². The molecule has 2 aliphatic rings. The van der Waals surface area contributed by atoms with Crippen LogP contribution in [0.25, 0.3) is 0 Å². The maximum atomic E-state index is 12.8. The minimum absolute atomic E-state index is 0.0393. The molecule has 38 heavy (non-hydrogen) atoms. The van der Waals surface area contributed by atoms with Crippen LogP contribution < -0.4 is 5.73 Å². The summed E-state index contributed by atoms with van der Waals surface area (Å²) in [4.78, 5) is 48.1. The van der Waals surface area contributed by atoms with Crippen molar-refractivity contribution in [1.29, 1.82) is 0 Å². The Kier molecular flexibility index (Phi) is 14.6. The molecule has 6 N–H and O–H groups in total. The van der Waals surface area contributed by atoms with Crippen molar-refractivity contribution in [3.63, 3.8) is 0 Å². The molecule has 0 radical (unpaired) electrons. The van der Waals surface area contributed by atoms with Gasteiger partial charge in [0, 0.05) is 25.9 Å². The highest BCUT2D eigenvalue weighted by molar-refractivity contribution is 8.07. The van der Waals surface area contributed by atoms with E-state index < -0.39 is 38.8 Å². The molecule has 2 saturated heterocycles. The largest absolute Gasteiger partial charge is 0.472 e. The quantitative estimate of drug-likeness (QED) is 0.0441. The molecule has 222 valence electrons. The maximum absolute atomic E-state index is 12.8. The minimum Gasteiger partial charge on any atom is -0.391 e. The van der Waals surface area contributed by atoms with Crippen LogP contribution in [0.3, 0.4) is 0 Å². The Labute approximate surface area is 232 Å². The first-order valence-electron chi connectivity index (χ1n) is 12.5. The maximum Gasteiger partial charge on any atom is 0.472 e. The summed E-state index contributed by atoms with van der Waals surface area (Å²) in [5, 5.41) is 18.7. The van der Waals surface area contributed by atoms with Gasteiger partial charge in [0.15, 0.2) is 0 Å². The number of amides is 2. The molecule has 2 fully saturated rings. The zero-order chi connectivity index (χ0) is 28.3. The number of carbonyl (C=O) groups excluding carboxylic acids is 2. The summed E-state index contributed by atoms with van der Waals surface area (Å²) in [5.41, 5.74) is 5.49. The molecule has 2 aliphatic heterocycles. The number of phosphoric ester groups is 1. The molecule has 2 rings (SSSR count). The molecule has 2 unspecified atom stereocenters. The van der Waals surface area contributed by atoms with Crippen molar-refractivity contribution in [1.82, 2.24) is 9.80 Å². The number of hydrogen-bond acceptors (Lipinski definition) is 12. The van der Waals surface area contributed by atoms with Crippen molar-refractivity contribution in [2.75, 3.05) is 38.6 Å². The van der Waals surface area contributed by atoms with Gasteiger partial charge in [-0.2, -0.15) is 17.3 Å². The third-order valence-electron chi connectivity index (χ3n) is 6.30. The molecule has 6 atom stereocenters. The lowest BCUT2D eigenvalue weighted by atomic mass is 10.1. The zero-order valence-electron chi connectivity index (χ0n) is 21.1. The molecule has 0 bridgehead atoms. The lowest BCUT2D eigenvalue weighted by Gasteiger charge is -2.26. The van der Waals surface area contributed by atoms with E-state index in [0.29, 0.717) is 25.1 Å². The van der Waals surface area contributed by atoms with Crippen molar-refractivity contribution in [2.24, 2.45) is 5.73 Å². The number of phosphoric acid groups is 1. The number of β-amino-alcohol motifs (C(OH)–C–C–N with tert-alkyl or cyclic N) is 1. The van der Waals surface area contributed by atoms with Gasteiger partial charge in [0.2, 0.25) is 11.8 Å². The molecular weight excluding hydrogens is 584 g/mol. The smallest absolute Gasteiger partial charge is 0.391 e. The Morgan fingerprint density at radius 2 is 1.58 bits per heavy atom. The van der Waals surface area contributed by atoms with Crippen LogP contribution >= 0.6 is 27.2 Å². The van der Waals surface area contributed by atoms with Crippen LogP contribution in [0.1, 0.15) is 51.4 Å². The van der Waals surface area contributed by atoms with Crippen LogP contribution in [-0.4, -0.2) is 105 Å². The van der Waals surface area contributed by atoms with Crippen LogP contribution in [0.2, 0.25) is 0 Å². The first-order chi connectivity index (χ1) is 17.9. The van der Waals surface area contributed by atoms with E-state index in [0.717, 1.165) is 12.8 Å². The summed E-state index contributed by atoms with van der Waals surface area (Å²) in [7, 11) is -4.61. The number of nitrogens with zero attached hydrogens (tertiary/aromatic N) is 2. The first kappa shape index (κ1) is 34.0. The van der Waals surface area contributed by atoms with E-state index in [9.17, 15) is 29.0 Å². The highest BCUT2D eigenvalue weighted by atomic mass is 32.5. The van der Waals surface area contributed by atoms with E-state index in [1.807, 2.05) is 0 Å². The van der Waals surface area contributed by atoms with E-state index in [1.165, 1.54) is 9.80 Å². The van der Waals surface area contributed by atoms with E-state index in [2.05, 4.69) is 29.1 Å². The molecule has 18 heteroatoms. The third kappa shape index (κ3) is 11.4. The normalized spacial score (nSPS) is 26.9. The van der Waals surface area contributed by atoms with Gasteiger partial charge in [-0.05, 0) is 56.2 Å². The van der Waals surface area contributed by atoms with Crippen LogP contribution in [0, 0.1) is 0 Å². The van der Waals surface area contributed by atoms with Crippen molar-refractivity contribution in [2.45, 2.75) is 75.7 Å². The number of nitrogens with two attached hydrogens (primary N) is 1. The highest BCUT2D eigenvalue weighted by Gasteiger charge is 2.41. The van der Waals surface area contributed by atoms with Crippen molar-refractivity contribution < 1.29 is 52.6 Å². The van der Waals surface area contributed by atoms with E-state index in [1.54, 1.807) is 0 Å². The molecule has 2 amide bonds. The van der Waals surface area contributed by atoms with Gasteiger partial charge in [-0.15, -0.1) is 0 Å². The van der Waals surface area contributed by atoms with Gasteiger partial charge in [0.1, 0.15) is 0 Å². The fourth-order valence-electron chi connectivity index (χ4n) is 4.49. The Balaban J connectivity index is 1.97. The first-order valence-corrected chi connectivity index (χ1v) is 17.2. The molecular formula is C20H39N3O11P2S2. The van der Waals surface area contributed by atoms with Crippen molar-refractivity contribution in [3.05, 3.63) is 0 Å². The van der Waals surface area contributed by atoms with Crippen LogP contribution in [0.15, 0.2) is 0 Å². The molecule has 0 aromatic heterocycles. The number of thiol groups is 1. The van der Waals surface area contributed by atoms with E-state index in [-0.39, 0.29) is 63.8 Å². The molecule has 0 saturated carbocycles. The predicted molar refractivity (Wildman–Crippen MR) is 144 cm³/mol. The number of aliphatic hydroxyl groups excluding tert-OH is 1. The Morgan fingerprint density at radius 3 is 2.21 bits per heavy atom. The Bertz CT molecular complexity index is 874. The van der Waals surface area contributed by atoms with Crippen LogP contribution in [0.4, 0.5) is 0 Å². The van der Waals surface area contributed by atoms with E-state index in [4.69, 9.17) is 24.6 Å². The minimum atomic E-state index is -4.61. The van der Waals surface area contributed by atoms with Gasteiger partial charge in [-0.3, -0.25) is 18.6 Å². The second kappa shape index (κ2) is 16.3. The molecule has 14 nitrogen and oxygen atoms in total. The summed E-state index contributed by atoms with van der Waals surface area (Å²) in [6, 6.07) is -1.26. The molecule has 0 spiro atoms. The van der Waals surface area contributed by atoms with E-state index >= 15 is 0 Å². The number of aliphatic hydroxyl groups is 1. The van der Waals surface area contributed by atoms with Crippen molar-refractivity contribution in [3.8, 4) is 0 Å². The van der Waals surface area contributed by atoms with Gasteiger partial charge >= 0.3 is 14.5 Å². The number of carbonyl (C=O) groups is 2. The second-order valence-corrected chi connectivity index (χ2v) is 13.9. The Morgan fingerprint density at radius 1 is 0.974 bits per heavy atom. The fourth-order valence-corrected chi connectivity index (χ4v) is 6.19. The average Bonchev–Trinajstić information content (AvgIpc) is 3.45. The monoisotopic (exact) mass is 623 g/mol. The lowest BCUT2D eigenvalue weighted by Crippen LogP contribution is -2.38. The lowest BCUT2D eigenvalue weighted by molar-refractivity contribution is -0.152. The summed E-state index contributed by atoms with van der Waals surface area (Å²) in [6.45, 7) is -3.94. The van der Waals surface area contributed by atoms with Gasteiger partial charge in [0.05, 0.1) is 37.5 Å². The number of likely N-dealkylation sites (tertiary alicyclic amines) is 2. The number of hydrogen-bond donors (Lipinski definition) is 6. The Hall–Kier alpha value is -0.190. The highest BCUT2D eigenvalue weighted by Crippen LogP contribution is 2.48. The zero-order valence-corrected chi connectivity index (χ0v) is 24.6. The summed E-state index contributed by atoms with van der Waals surface area (Å²) < 4.78 is 32.1. The number of unbranched alkanes of at least 4 members (excludes halogenated alkanes) is 2. The number of rotatable bonds is 17. The van der Waals surface area contributed by atoms with Gasteiger partial charge in [0.25, 0.3) is 0 Å². The molecule has 0 aromatic rings. The molecule has 0 aliphatic carbocycles. The SMILES string of the molecule is NCCCCCC(=O)N1C[C@H](OP(=O)(O)OC[C@@H]2C[C@@H](O)CN2C(=O)CCCS)C[C@H]1COP(O)(=S)OO. The van der Waals surface area contributed by atoms with Gasteiger partial charge in [-0.1, -0.05) is 6.42 Å². The van der Waals surface area contributed by atoms with Crippen molar-refractivity contribution >= 4 is 50.8 Å². The van der Waals surface area contributed by atoms with Crippen LogP contribution in [0.5, 0.6) is 0 Å².